The molecule has 0 amide bonds. The van der Waals surface area contributed by atoms with Crippen LogP contribution in [0.5, 0.6) is 0 Å². The monoisotopic (exact) mass is 363 g/mol. The summed E-state index contributed by atoms with van der Waals surface area (Å²) in [6.07, 6.45) is 0. The molecule has 0 aliphatic carbocycles. The number of aryl methyl sites for hydroxylation is 1. The molecule has 1 aliphatic rings. The van der Waals surface area contributed by atoms with Crippen molar-refractivity contribution in [1.29, 1.82) is 0 Å². The van der Waals surface area contributed by atoms with Crippen LogP contribution in [0.2, 0.25) is 0 Å². The molecule has 1 aromatic carbocycles. The number of rotatable bonds is 5. The molecule has 0 atom stereocenters. The van der Waals surface area contributed by atoms with Crippen molar-refractivity contribution in [3.05, 3.63) is 47.3 Å². The van der Waals surface area contributed by atoms with E-state index < -0.39 is 10.0 Å². The quantitative estimate of drug-likeness (QED) is 0.752. The van der Waals surface area contributed by atoms with Crippen molar-refractivity contribution in [2.24, 2.45) is 0 Å². The van der Waals surface area contributed by atoms with Gasteiger partial charge in [-0.25, -0.2) is 8.42 Å². The van der Waals surface area contributed by atoms with Crippen LogP contribution in [0, 0.1) is 6.92 Å². The van der Waals surface area contributed by atoms with E-state index in [2.05, 4.69) is 10.1 Å². The molecule has 25 heavy (non-hydrogen) atoms. The van der Waals surface area contributed by atoms with Crippen molar-refractivity contribution in [1.82, 2.24) is 14.4 Å². The van der Waals surface area contributed by atoms with E-state index in [1.54, 1.807) is 12.1 Å². The predicted octanol–water partition coefficient (Wildman–Crippen LogP) is 1.69. The first-order valence-electron chi connectivity index (χ1n) is 8.12. The van der Waals surface area contributed by atoms with Gasteiger partial charge in [-0.3, -0.25) is 9.69 Å². The topological polar surface area (TPSA) is 83.7 Å². The SMILES string of the molecule is CC(=O)c1ccc(S(=O)(=O)N2CCN(Cc3cc(C)no3)CC2)cc1. The standard InChI is InChI=1S/C17H21N3O4S/c1-13-11-16(24-18-13)12-19-7-9-20(10-8-19)25(22,23)17-5-3-15(4-6-17)14(2)21/h3-6,11H,7-10,12H2,1-2H3. The maximum atomic E-state index is 12.7. The van der Waals surface area contributed by atoms with Crippen molar-refractivity contribution in [3.8, 4) is 0 Å². The Kier molecular flexibility index (Phi) is 5.03. The van der Waals surface area contributed by atoms with Gasteiger partial charge in [0.15, 0.2) is 11.5 Å². The van der Waals surface area contributed by atoms with Gasteiger partial charge in [-0.05, 0) is 26.0 Å². The molecule has 0 bridgehead atoms. The van der Waals surface area contributed by atoms with Crippen molar-refractivity contribution in [2.45, 2.75) is 25.3 Å². The number of sulfonamides is 1. The number of aromatic nitrogens is 1. The number of nitrogens with zero attached hydrogens (tertiary/aromatic N) is 3. The first-order valence-corrected chi connectivity index (χ1v) is 9.56. The number of piperazine rings is 1. The maximum absolute atomic E-state index is 12.7. The van der Waals surface area contributed by atoms with E-state index >= 15 is 0 Å². The van der Waals surface area contributed by atoms with E-state index in [-0.39, 0.29) is 10.7 Å². The zero-order chi connectivity index (χ0) is 18.0. The lowest BCUT2D eigenvalue weighted by Crippen LogP contribution is -2.48. The third kappa shape index (κ3) is 3.97. The van der Waals surface area contributed by atoms with E-state index in [1.807, 2.05) is 13.0 Å². The molecule has 1 saturated heterocycles. The molecular formula is C17H21N3O4S. The Hall–Kier alpha value is -2.03. The summed E-state index contributed by atoms with van der Waals surface area (Å²) in [7, 11) is -3.54. The van der Waals surface area contributed by atoms with Gasteiger partial charge in [0.1, 0.15) is 0 Å². The second kappa shape index (κ2) is 7.07. The predicted molar refractivity (Wildman–Crippen MR) is 91.7 cm³/mol. The summed E-state index contributed by atoms with van der Waals surface area (Å²) in [4.78, 5) is 13.7. The van der Waals surface area contributed by atoms with Crippen LogP contribution in [0.1, 0.15) is 28.7 Å². The average Bonchev–Trinajstić information content (AvgIpc) is 3.00. The van der Waals surface area contributed by atoms with Gasteiger partial charge in [-0.1, -0.05) is 17.3 Å². The maximum Gasteiger partial charge on any atom is 0.243 e. The Morgan fingerprint density at radius 3 is 2.32 bits per heavy atom. The van der Waals surface area contributed by atoms with Crippen LogP contribution < -0.4 is 0 Å². The van der Waals surface area contributed by atoms with Gasteiger partial charge in [0, 0.05) is 37.8 Å². The lowest BCUT2D eigenvalue weighted by atomic mass is 10.2. The van der Waals surface area contributed by atoms with Gasteiger partial charge in [-0.15, -0.1) is 0 Å². The number of ketones is 1. The minimum atomic E-state index is -3.54. The average molecular weight is 363 g/mol. The Morgan fingerprint density at radius 2 is 1.80 bits per heavy atom. The van der Waals surface area contributed by atoms with Crippen LogP contribution in [0.25, 0.3) is 0 Å². The highest BCUT2D eigenvalue weighted by molar-refractivity contribution is 7.89. The molecule has 1 aliphatic heterocycles. The molecule has 0 saturated carbocycles. The van der Waals surface area contributed by atoms with E-state index in [1.165, 1.54) is 23.4 Å². The molecule has 1 aromatic heterocycles. The van der Waals surface area contributed by atoms with E-state index in [0.717, 1.165) is 11.5 Å². The number of carbonyl (C=O) groups excluding carboxylic acids is 1. The first kappa shape index (κ1) is 17.8. The Labute approximate surface area is 147 Å². The molecule has 0 radical (unpaired) electrons. The summed E-state index contributed by atoms with van der Waals surface area (Å²) in [5.41, 5.74) is 1.34. The summed E-state index contributed by atoms with van der Waals surface area (Å²) in [5, 5.41) is 3.86. The molecule has 134 valence electrons. The summed E-state index contributed by atoms with van der Waals surface area (Å²) >= 11 is 0. The lowest BCUT2D eigenvalue weighted by Gasteiger charge is -2.33. The normalized spacial score (nSPS) is 16.9. The minimum absolute atomic E-state index is 0.0831. The zero-order valence-corrected chi connectivity index (χ0v) is 15.1. The lowest BCUT2D eigenvalue weighted by molar-refractivity contribution is 0.101. The molecule has 8 heteroatoms. The zero-order valence-electron chi connectivity index (χ0n) is 14.3. The van der Waals surface area contributed by atoms with Gasteiger partial charge in [-0.2, -0.15) is 4.31 Å². The largest absolute Gasteiger partial charge is 0.360 e. The molecule has 1 fully saturated rings. The van der Waals surface area contributed by atoms with Gasteiger partial charge in [0.05, 0.1) is 17.1 Å². The minimum Gasteiger partial charge on any atom is -0.360 e. The Bertz CT molecular complexity index is 850. The number of Topliss-reactive ketones (excluding diaryl/α,β-unsaturated/α-hetero) is 1. The molecular weight excluding hydrogens is 342 g/mol. The van der Waals surface area contributed by atoms with Crippen LogP contribution in [0.4, 0.5) is 0 Å². The number of benzene rings is 1. The molecule has 0 N–H and O–H groups in total. The molecule has 0 unspecified atom stereocenters. The fourth-order valence-electron chi connectivity index (χ4n) is 2.85. The second-order valence-electron chi connectivity index (χ2n) is 6.20. The Balaban J connectivity index is 1.63. The van der Waals surface area contributed by atoms with Crippen molar-refractivity contribution in [2.75, 3.05) is 26.2 Å². The number of hydrogen-bond donors (Lipinski definition) is 0. The van der Waals surface area contributed by atoms with E-state index in [0.29, 0.717) is 38.3 Å². The molecule has 0 spiro atoms. The summed E-state index contributed by atoms with van der Waals surface area (Å²) in [6, 6.07) is 7.99. The molecule has 7 nitrogen and oxygen atoms in total. The van der Waals surface area contributed by atoms with Crippen LogP contribution in [-0.2, 0) is 16.6 Å². The van der Waals surface area contributed by atoms with Gasteiger partial charge >= 0.3 is 0 Å². The molecule has 2 aromatic rings. The molecule has 2 heterocycles. The van der Waals surface area contributed by atoms with Gasteiger partial charge < -0.3 is 4.52 Å². The van der Waals surface area contributed by atoms with E-state index in [4.69, 9.17) is 4.52 Å². The van der Waals surface area contributed by atoms with Crippen LogP contribution in [0.3, 0.4) is 0 Å². The summed E-state index contributed by atoms with van der Waals surface area (Å²) in [5.74, 6) is 0.703. The van der Waals surface area contributed by atoms with Gasteiger partial charge in [0.25, 0.3) is 0 Å². The third-order valence-electron chi connectivity index (χ3n) is 4.29. The number of carbonyl (C=O) groups is 1. The highest BCUT2D eigenvalue weighted by atomic mass is 32.2. The van der Waals surface area contributed by atoms with Crippen molar-refractivity contribution in [3.63, 3.8) is 0 Å². The fourth-order valence-corrected chi connectivity index (χ4v) is 4.27. The summed E-state index contributed by atoms with van der Waals surface area (Å²) in [6.45, 7) is 6.05. The smallest absolute Gasteiger partial charge is 0.243 e. The van der Waals surface area contributed by atoms with Crippen LogP contribution >= 0.6 is 0 Å². The van der Waals surface area contributed by atoms with Crippen LogP contribution in [0.15, 0.2) is 39.8 Å². The molecule has 3 rings (SSSR count). The third-order valence-corrected chi connectivity index (χ3v) is 6.20. The number of hydrogen-bond acceptors (Lipinski definition) is 6. The summed E-state index contributed by atoms with van der Waals surface area (Å²) < 4.78 is 32.2. The first-order chi connectivity index (χ1) is 11.9. The van der Waals surface area contributed by atoms with Crippen LogP contribution in [-0.4, -0.2) is 54.7 Å². The second-order valence-corrected chi connectivity index (χ2v) is 8.13. The highest BCUT2D eigenvalue weighted by Gasteiger charge is 2.28. The fraction of sp³-hybridized carbons (Fsp3) is 0.412. The highest BCUT2D eigenvalue weighted by Crippen LogP contribution is 2.19. The van der Waals surface area contributed by atoms with Crippen molar-refractivity contribution >= 4 is 15.8 Å². The van der Waals surface area contributed by atoms with Gasteiger partial charge in [0.2, 0.25) is 10.0 Å². The van der Waals surface area contributed by atoms with Crippen molar-refractivity contribution < 1.29 is 17.7 Å². The van der Waals surface area contributed by atoms with E-state index in [9.17, 15) is 13.2 Å². The Morgan fingerprint density at radius 1 is 1.16 bits per heavy atom.